The Morgan fingerprint density at radius 3 is 2.35 bits per heavy atom. The molecule has 0 fully saturated rings. The number of carbonyl (C=O) groups excluding carboxylic acids is 1. The van der Waals surface area contributed by atoms with Gasteiger partial charge in [0, 0.05) is 17.6 Å². The van der Waals surface area contributed by atoms with E-state index < -0.39 is 0 Å². The summed E-state index contributed by atoms with van der Waals surface area (Å²) in [6.45, 7) is 6.35. The normalized spacial score (nSPS) is 11.0. The van der Waals surface area contributed by atoms with Crippen LogP contribution >= 0.6 is 0 Å². The van der Waals surface area contributed by atoms with E-state index in [1.807, 2.05) is 54.6 Å². The monoisotopic (exact) mass is 346 g/mol. The van der Waals surface area contributed by atoms with Gasteiger partial charge in [-0.05, 0) is 35.2 Å². The van der Waals surface area contributed by atoms with Gasteiger partial charge in [-0.1, -0.05) is 57.2 Å². The summed E-state index contributed by atoms with van der Waals surface area (Å²) in [7, 11) is 0. The van der Waals surface area contributed by atoms with Crippen molar-refractivity contribution in [2.75, 3.05) is 10.6 Å². The van der Waals surface area contributed by atoms with Crippen LogP contribution in [0.25, 0.3) is 0 Å². The first kappa shape index (κ1) is 17.6. The predicted molar refractivity (Wildman–Crippen MR) is 105 cm³/mol. The van der Waals surface area contributed by atoms with Crippen molar-refractivity contribution in [3.8, 4) is 0 Å². The number of nitrogens with one attached hydrogen (secondary N) is 2. The zero-order valence-corrected chi connectivity index (χ0v) is 15.2. The first-order valence-corrected chi connectivity index (χ1v) is 8.49. The van der Waals surface area contributed by atoms with E-state index in [0.717, 1.165) is 16.9 Å². The first-order valence-electron chi connectivity index (χ1n) is 8.49. The molecule has 0 atom stereocenters. The fraction of sp³-hybridized carbons (Fsp3) is 0.190. The van der Waals surface area contributed by atoms with Crippen LogP contribution in [0.5, 0.6) is 0 Å². The lowest BCUT2D eigenvalue weighted by molar-refractivity contribution is 0.102. The number of hydrogen-bond donors (Lipinski definition) is 2. The summed E-state index contributed by atoms with van der Waals surface area (Å²) in [5.41, 5.74) is 2.96. The molecule has 3 rings (SSSR count). The van der Waals surface area contributed by atoms with Gasteiger partial charge in [-0.2, -0.15) is 0 Å². The third-order valence-corrected chi connectivity index (χ3v) is 3.90. The first-order chi connectivity index (χ1) is 12.4. The van der Waals surface area contributed by atoms with Crippen molar-refractivity contribution in [3.63, 3.8) is 0 Å². The van der Waals surface area contributed by atoms with Gasteiger partial charge < -0.3 is 10.6 Å². The Morgan fingerprint density at radius 1 is 0.923 bits per heavy atom. The minimum Gasteiger partial charge on any atom is -0.324 e. The average Bonchev–Trinajstić information content (AvgIpc) is 2.62. The standard InChI is InChI=1S/C21H22N4O/c1-21(2,3)16-11-7-8-12-17(16)24-19(26)18-13-14-22-20(25-18)23-15-9-5-4-6-10-15/h4-14H,1-3H3,(H,24,26)(H,22,23,25). The fourth-order valence-corrected chi connectivity index (χ4v) is 2.63. The number of aromatic nitrogens is 2. The minimum absolute atomic E-state index is 0.0738. The topological polar surface area (TPSA) is 66.9 Å². The molecular weight excluding hydrogens is 324 g/mol. The molecule has 3 aromatic rings. The molecule has 1 heterocycles. The highest BCUT2D eigenvalue weighted by atomic mass is 16.1. The van der Waals surface area contributed by atoms with E-state index in [4.69, 9.17) is 0 Å². The molecule has 0 radical (unpaired) electrons. The van der Waals surface area contributed by atoms with Crippen molar-refractivity contribution in [3.05, 3.63) is 78.1 Å². The highest BCUT2D eigenvalue weighted by Crippen LogP contribution is 2.29. The summed E-state index contributed by atoms with van der Waals surface area (Å²) in [6, 6.07) is 19.0. The number of amides is 1. The SMILES string of the molecule is CC(C)(C)c1ccccc1NC(=O)c1ccnc(Nc2ccccc2)n1. The number of anilines is 3. The highest BCUT2D eigenvalue weighted by molar-refractivity contribution is 6.03. The van der Waals surface area contributed by atoms with E-state index in [1.165, 1.54) is 0 Å². The molecule has 0 saturated carbocycles. The number of benzene rings is 2. The van der Waals surface area contributed by atoms with Crippen LogP contribution in [0.1, 0.15) is 36.8 Å². The summed E-state index contributed by atoms with van der Waals surface area (Å²) in [5, 5.41) is 6.06. The molecule has 26 heavy (non-hydrogen) atoms. The van der Waals surface area contributed by atoms with Crippen molar-refractivity contribution in [2.45, 2.75) is 26.2 Å². The van der Waals surface area contributed by atoms with Crippen LogP contribution in [0, 0.1) is 0 Å². The molecular formula is C21H22N4O. The molecule has 0 bridgehead atoms. The molecule has 0 aliphatic rings. The third-order valence-electron chi connectivity index (χ3n) is 3.90. The van der Waals surface area contributed by atoms with Crippen molar-refractivity contribution in [1.82, 2.24) is 9.97 Å². The van der Waals surface area contributed by atoms with Gasteiger partial charge in [0.15, 0.2) is 0 Å². The van der Waals surface area contributed by atoms with Gasteiger partial charge >= 0.3 is 0 Å². The molecule has 5 heteroatoms. The Morgan fingerprint density at radius 2 is 1.62 bits per heavy atom. The molecule has 1 aromatic heterocycles. The van der Waals surface area contributed by atoms with Gasteiger partial charge in [0.1, 0.15) is 5.69 Å². The Labute approximate surface area is 153 Å². The Balaban J connectivity index is 1.80. The molecule has 0 saturated heterocycles. The summed E-state index contributed by atoms with van der Waals surface area (Å²) >= 11 is 0. The van der Waals surface area contributed by atoms with Crippen LogP contribution < -0.4 is 10.6 Å². The van der Waals surface area contributed by atoms with Crippen molar-refractivity contribution < 1.29 is 4.79 Å². The molecule has 2 N–H and O–H groups in total. The Bertz CT molecular complexity index is 901. The summed E-state index contributed by atoms with van der Waals surface area (Å²) in [5.74, 6) is 0.119. The van der Waals surface area contributed by atoms with Crippen LogP contribution in [0.3, 0.4) is 0 Å². The number of rotatable bonds is 4. The van der Waals surface area contributed by atoms with Gasteiger partial charge in [0.05, 0.1) is 0 Å². The zero-order valence-electron chi connectivity index (χ0n) is 15.2. The lowest BCUT2D eigenvalue weighted by Crippen LogP contribution is -2.19. The molecule has 0 unspecified atom stereocenters. The minimum atomic E-state index is -0.264. The van der Waals surface area contributed by atoms with Gasteiger partial charge in [-0.3, -0.25) is 4.79 Å². The van der Waals surface area contributed by atoms with Crippen LogP contribution in [0.15, 0.2) is 66.9 Å². The molecule has 132 valence electrons. The number of nitrogens with zero attached hydrogens (tertiary/aromatic N) is 2. The van der Waals surface area contributed by atoms with E-state index in [2.05, 4.69) is 41.4 Å². The van der Waals surface area contributed by atoms with E-state index in [1.54, 1.807) is 12.3 Å². The average molecular weight is 346 g/mol. The van der Waals surface area contributed by atoms with Crippen LogP contribution in [-0.2, 0) is 5.41 Å². The second kappa shape index (κ2) is 7.35. The van der Waals surface area contributed by atoms with Crippen LogP contribution in [0.2, 0.25) is 0 Å². The second-order valence-electron chi connectivity index (χ2n) is 7.01. The smallest absolute Gasteiger partial charge is 0.274 e. The summed E-state index contributed by atoms with van der Waals surface area (Å²) < 4.78 is 0. The van der Waals surface area contributed by atoms with Crippen LogP contribution in [0.4, 0.5) is 17.3 Å². The van der Waals surface area contributed by atoms with E-state index in [-0.39, 0.29) is 11.3 Å². The maximum atomic E-state index is 12.7. The van der Waals surface area contributed by atoms with Crippen molar-refractivity contribution in [2.24, 2.45) is 0 Å². The lowest BCUT2D eigenvalue weighted by atomic mass is 9.86. The molecule has 5 nitrogen and oxygen atoms in total. The number of para-hydroxylation sites is 2. The lowest BCUT2D eigenvalue weighted by Gasteiger charge is -2.22. The molecule has 0 spiro atoms. The van der Waals surface area contributed by atoms with Gasteiger partial charge in [-0.15, -0.1) is 0 Å². The molecule has 2 aromatic carbocycles. The van der Waals surface area contributed by atoms with E-state index in [9.17, 15) is 4.79 Å². The zero-order chi connectivity index (χ0) is 18.6. The Hall–Kier alpha value is -3.21. The summed E-state index contributed by atoms with van der Waals surface area (Å²) in [4.78, 5) is 21.2. The number of hydrogen-bond acceptors (Lipinski definition) is 4. The predicted octanol–water partition coefficient (Wildman–Crippen LogP) is 4.77. The highest BCUT2D eigenvalue weighted by Gasteiger charge is 2.19. The van der Waals surface area contributed by atoms with E-state index >= 15 is 0 Å². The third kappa shape index (κ3) is 4.25. The van der Waals surface area contributed by atoms with Crippen LogP contribution in [-0.4, -0.2) is 15.9 Å². The van der Waals surface area contributed by atoms with Gasteiger partial charge in [-0.25, -0.2) is 9.97 Å². The molecule has 0 aliphatic heterocycles. The quantitative estimate of drug-likeness (QED) is 0.714. The van der Waals surface area contributed by atoms with Gasteiger partial charge in [0.2, 0.25) is 5.95 Å². The fourth-order valence-electron chi connectivity index (χ4n) is 2.63. The van der Waals surface area contributed by atoms with Gasteiger partial charge in [0.25, 0.3) is 5.91 Å². The summed E-state index contributed by atoms with van der Waals surface area (Å²) in [6.07, 6.45) is 1.57. The molecule has 1 amide bonds. The number of carbonyl (C=O) groups is 1. The van der Waals surface area contributed by atoms with Crippen molar-refractivity contribution in [1.29, 1.82) is 0 Å². The Kier molecular flexibility index (Phi) is 4.98. The maximum Gasteiger partial charge on any atom is 0.274 e. The van der Waals surface area contributed by atoms with E-state index in [0.29, 0.717) is 11.6 Å². The second-order valence-corrected chi connectivity index (χ2v) is 7.01. The maximum absolute atomic E-state index is 12.7. The van der Waals surface area contributed by atoms with Crippen molar-refractivity contribution >= 4 is 23.2 Å². The molecule has 0 aliphatic carbocycles. The largest absolute Gasteiger partial charge is 0.324 e.